The largest absolute Gasteiger partial charge is 0.355 e. The number of amides is 1. The molecule has 1 saturated heterocycles. The average Bonchev–Trinajstić information content (AvgIpc) is 3.17. The molecule has 0 spiro atoms. The van der Waals surface area contributed by atoms with E-state index in [1.54, 1.807) is 19.2 Å². The van der Waals surface area contributed by atoms with Crippen molar-refractivity contribution >= 4 is 22.9 Å². The summed E-state index contributed by atoms with van der Waals surface area (Å²) in [6, 6.07) is 7.29. The maximum atomic E-state index is 11.7. The van der Waals surface area contributed by atoms with Gasteiger partial charge in [-0.15, -0.1) is 0 Å². The molecule has 0 atom stereocenters. The molecule has 3 aromatic rings. The van der Waals surface area contributed by atoms with Crippen molar-refractivity contribution in [2.75, 3.05) is 31.6 Å². The van der Waals surface area contributed by atoms with Gasteiger partial charge in [0.2, 0.25) is 0 Å². The third-order valence-electron chi connectivity index (χ3n) is 5.69. The number of fused-ring (bicyclic) bond motifs is 1. The van der Waals surface area contributed by atoms with Crippen LogP contribution in [0, 0.1) is 5.41 Å². The van der Waals surface area contributed by atoms with Crippen molar-refractivity contribution in [3.63, 3.8) is 0 Å². The Balaban J connectivity index is 1.58. The lowest BCUT2D eigenvalue weighted by Gasteiger charge is -2.39. The lowest BCUT2D eigenvalue weighted by molar-refractivity contribution is 0.0963. The van der Waals surface area contributed by atoms with E-state index in [0.29, 0.717) is 17.8 Å². The summed E-state index contributed by atoms with van der Waals surface area (Å²) in [6.45, 7) is 4.82. The fourth-order valence-electron chi connectivity index (χ4n) is 3.55. The number of aromatic nitrogens is 4. The lowest BCUT2D eigenvalue weighted by Crippen LogP contribution is -2.42. The number of piperidine rings is 1. The standard InChI is InChI=1S/C20H25N7O/c1-20(12-21)7-9-27(10-8-20)15-11-23-17-16(25-26-18(17)24-15)13-3-5-14(6-4-13)19(28)22-2/h3-6,11H,7-10,12,21H2,1-2H3,(H,22,28)(H,24,25,26). The Bertz CT molecular complexity index is 987. The van der Waals surface area contributed by atoms with Crippen LogP contribution in [0.25, 0.3) is 22.4 Å². The zero-order valence-electron chi connectivity index (χ0n) is 16.2. The minimum absolute atomic E-state index is 0.116. The summed E-state index contributed by atoms with van der Waals surface area (Å²) in [7, 11) is 1.61. The predicted molar refractivity (Wildman–Crippen MR) is 109 cm³/mol. The SMILES string of the molecule is CNC(=O)c1ccc(-c2n[nH]c3nc(N4CCC(C)(CN)CC4)cnc23)cc1. The minimum Gasteiger partial charge on any atom is -0.355 e. The van der Waals surface area contributed by atoms with E-state index in [4.69, 9.17) is 10.7 Å². The zero-order chi connectivity index (χ0) is 19.7. The molecule has 0 unspecified atom stereocenters. The van der Waals surface area contributed by atoms with Crippen molar-refractivity contribution in [1.82, 2.24) is 25.5 Å². The van der Waals surface area contributed by atoms with E-state index >= 15 is 0 Å². The first-order valence-electron chi connectivity index (χ1n) is 9.52. The Hall–Kier alpha value is -3.00. The summed E-state index contributed by atoms with van der Waals surface area (Å²) in [5.41, 5.74) is 9.73. The van der Waals surface area contributed by atoms with E-state index < -0.39 is 0 Å². The number of hydrogen-bond donors (Lipinski definition) is 3. The van der Waals surface area contributed by atoms with Gasteiger partial charge in [0.15, 0.2) is 5.65 Å². The molecule has 0 aliphatic carbocycles. The molecule has 4 N–H and O–H groups in total. The Morgan fingerprint density at radius 2 is 2.00 bits per heavy atom. The van der Waals surface area contributed by atoms with Crippen LogP contribution in [-0.2, 0) is 0 Å². The van der Waals surface area contributed by atoms with Gasteiger partial charge in [-0.05, 0) is 36.9 Å². The van der Waals surface area contributed by atoms with Gasteiger partial charge in [0.25, 0.3) is 5.91 Å². The van der Waals surface area contributed by atoms with Gasteiger partial charge in [-0.1, -0.05) is 19.1 Å². The van der Waals surface area contributed by atoms with E-state index in [9.17, 15) is 4.79 Å². The topological polar surface area (TPSA) is 113 Å². The van der Waals surface area contributed by atoms with Crippen LogP contribution in [0.15, 0.2) is 30.5 Å². The Labute approximate surface area is 163 Å². The van der Waals surface area contributed by atoms with Crippen molar-refractivity contribution in [3.05, 3.63) is 36.0 Å². The summed E-state index contributed by atoms with van der Waals surface area (Å²) in [5, 5.41) is 10.0. The minimum atomic E-state index is -0.116. The van der Waals surface area contributed by atoms with Crippen LogP contribution >= 0.6 is 0 Å². The highest BCUT2D eigenvalue weighted by atomic mass is 16.1. The highest BCUT2D eigenvalue weighted by Crippen LogP contribution is 2.32. The van der Waals surface area contributed by atoms with Crippen molar-refractivity contribution in [1.29, 1.82) is 0 Å². The van der Waals surface area contributed by atoms with Crippen LogP contribution < -0.4 is 16.0 Å². The third-order valence-corrected chi connectivity index (χ3v) is 5.69. The zero-order valence-corrected chi connectivity index (χ0v) is 16.2. The van der Waals surface area contributed by atoms with Crippen molar-refractivity contribution in [2.45, 2.75) is 19.8 Å². The molecule has 1 fully saturated rings. The second-order valence-electron chi connectivity index (χ2n) is 7.66. The van der Waals surface area contributed by atoms with Crippen LogP contribution in [0.2, 0.25) is 0 Å². The molecule has 3 heterocycles. The van der Waals surface area contributed by atoms with Crippen LogP contribution in [-0.4, -0.2) is 52.8 Å². The molecule has 8 heteroatoms. The monoisotopic (exact) mass is 379 g/mol. The van der Waals surface area contributed by atoms with Gasteiger partial charge in [0.1, 0.15) is 17.0 Å². The molecule has 146 valence electrons. The van der Waals surface area contributed by atoms with Crippen molar-refractivity contribution in [3.8, 4) is 11.3 Å². The Morgan fingerprint density at radius 1 is 1.29 bits per heavy atom. The molecule has 8 nitrogen and oxygen atoms in total. The van der Waals surface area contributed by atoms with E-state index in [0.717, 1.165) is 48.5 Å². The van der Waals surface area contributed by atoms with Crippen molar-refractivity contribution < 1.29 is 4.79 Å². The number of nitrogens with two attached hydrogens (primary N) is 1. The van der Waals surface area contributed by atoms with E-state index in [2.05, 4.69) is 32.3 Å². The molecular formula is C20H25N7O. The average molecular weight is 379 g/mol. The number of carbonyl (C=O) groups is 1. The first-order chi connectivity index (χ1) is 13.5. The van der Waals surface area contributed by atoms with E-state index in [1.165, 1.54) is 0 Å². The number of nitrogens with one attached hydrogen (secondary N) is 2. The van der Waals surface area contributed by atoms with Gasteiger partial charge in [0.05, 0.1) is 6.20 Å². The second kappa shape index (κ2) is 7.20. The number of H-pyrrole nitrogens is 1. The number of anilines is 1. The maximum Gasteiger partial charge on any atom is 0.251 e. The van der Waals surface area contributed by atoms with Gasteiger partial charge in [-0.2, -0.15) is 5.10 Å². The van der Waals surface area contributed by atoms with Gasteiger partial charge in [0, 0.05) is 31.3 Å². The fourth-order valence-corrected chi connectivity index (χ4v) is 3.55. The molecule has 2 aromatic heterocycles. The number of carbonyl (C=O) groups excluding carboxylic acids is 1. The molecular weight excluding hydrogens is 354 g/mol. The fraction of sp³-hybridized carbons (Fsp3) is 0.400. The summed E-state index contributed by atoms with van der Waals surface area (Å²) in [5.74, 6) is 0.742. The van der Waals surface area contributed by atoms with Crippen LogP contribution in [0.5, 0.6) is 0 Å². The number of nitrogens with zero attached hydrogens (tertiary/aromatic N) is 4. The molecule has 1 amide bonds. The third kappa shape index (κ3) is 3.31. The van der Waals surface area contributed by atoms with Gasteiger partial charge < -0.3 is 16.0 Å². The van der Waals surface area contributed by atoms with E-state index in [1.807, 2.05) is 18.3 Å². The maximum absolute atomic E-state index is 11.7. The smallest absolute Gasteiger partial charge is 0.251 e. The molecule has 1 aliphatic rings. The summed E-state index contributed by atoms with van der Waals surface area (Å²) >= 11 is 0. The molecule has 0 radical (unpaired) electrons. The van der Waals surface area contributed by atoms with Crippen LogP contribution in [0.4, 0.5) is 5.82 Å². The highest BCUT2D eigenvalue weighted by Gasteiger charge is 2.29. The molecule has 1 aliphatic heterocycles. The number of rotatable bonds is 4. The normalized spacial score (nSPS) is 16.3. The number of benzene rings is 1. The second-order valence-corrected chi connectivity index (χ2v) is 7.66. The first-order valence-corrected chi connectivity index (χ1v) is 9.52. The molecule has 1 aromatic carbocycles. The molecule has 4 rings (SSSR count). The molecule has 28 heavy (non-hydrogen) atoms. The van der Waals surface area contributed by atoms with Gasteiger partial charge in [-0.25, -0.2) is 9.97 Å². The Morgan fingerprint density at radius 3 is 2.64 bits per heavy atom. The summed E-state index contributed by atoms with van der Waals surface area (Å²) in [6.07, 6.45) is 3.91. The lowest BCUT2D eigenvalue weighted by atomic mass is 9.80. The Kier molecular flexibility index (Phi) is 4.72. The molecule has 0 saturated carbocycles. The quantitative estimate of drug-likeness (QED) is 0.639. The van der Waals surface area contributed by atoms with Crippen molar-refractivity contribution in [2.24, 2.45) is 11.1 Å². The number of aromatic amines is 1. The predicted octanol–water partition coefficient (Wildman–Crippen LogP) is 1.94. The first kappa shape index (κ1) is 18.4. The highest BCUT2D eigenvalue weighted by molar-refractivity contribution is 5.95. The van der Waals surface area contributed by atoms with Gasteiger partial charge in [-0.3, -0.25) is 9.89 Å². The number of hydrogen-bond acceptors (Lipinski definition) is 6. The molecule has 0 bridgehead atoms. The van der Waals surface area contributed by atoms with E-state index in [-0.39, 0.29) is 11.3 Å². The van der Waals surface area contributed by atoms with Crippen LogP contribution in [0.1, 0.15) is 30.1 Å². The van der Waals surface area contributed by atoms with Crippen LogP contribution in [0.3, 0.4) is 0 Å². The van der Waals surface area contributed by atoms with Gasteiger partial charge >= 0.3 is 0 Å². The summed E-state index contributed by atoms with van der Waals surface area (Å²) < 4.78 is 0. The summed E-state index contributed by atoms with van der Waals surface area (Å²) in [4.78, 5) is 23.3.